The van der Waals surface area contributed by atoms with E-state index in [1.54, 1.807) is 11.9 Å². The Morgan fingerprint density at radius 3 is 2.92 bits per heavy atom. The van der Waals surface area contributed by atoms with E-state index in [9.17, 15) is 4.79 Å². The zero-order valence-corrected chi connectivity index (χ0v) is 14.3. The molecule has 0 saturated carbocycles. The smallest absolute Gasteiger partial charge is 0.317 e. The van der Waals surface area contributed by atoms with Gasteiger partial charge in [-0.25, -0.2) is 4.79 Å². The summed E-state index contributed by atoms with van der Waals surface area (Å²) in [6.07, 6.45) is 1.83. The van der Waals surface area contributed by atoms with Crippen LogP contribution in [0.5, 0.6) is 17.2 Å². The number of oxime groups is 1. The molecule has 0 bridgehead atoms. The lowest BCUT2D eigenvalue weighted by atomic mass is 10.0. The molecule has 0 radical (unpaired) electrons. The van der Waals surface area contributed by atoms with Gasteiger partial charge in [0.25, 0.3) is 0 Å². The van der Waals surface area contributed by atoms with Gasteiger partial charge in [-0.3, -0.25) is 0 Å². The van der Waals surface area contributed by atoms with Crippen molar-refractivity contribution < 1.29 is 24.2 Å². The number of methoxy groups -OCH3 is 1. The first kappa shape index (κ1) is 17.7. The maximum Gasteiger partial charge on any atom is 0.317 e. The average Bonchev–Trinajstić information content (AvgIpc) is 3.00. The Labute approximate surface area is 141 Å². The number of hydrogen-bond donors (Lipinski definition) is 2. The van der Waals surface area contributed by atoms with E-state index < -0.39 is 0 Å². The lowest BCUT2D eigenvalue weighted by molar-refractivity contribution is 0.171. The Bertz CT molecular complexity index is 631. The van der Waals surface area contributed by atoms with E-state index in [-0.39, 0.29) is 18.9 Å². The fraction of sp³-hybridized carbons (Fsp3) is 0.500. The van der Waals surface area contributed by atoms with Crippen molar-refractivity contribution in [2.45, 2.75) is 26.3 Å². The standard InChI is InChI=1S/C16H23N3O5/c1-10(2)18-16(20)19(3)6-5-11-7-13-15(24-9-23-13)14(22-4)12(11)8-17-21/h7-8,10,21H,5-6,9H2,1-4H3,(H,18,20). The third kappa shape index (κ3) is 3.81. The molecule has 132 valence electrons. The lowest BCUT2D eigenvalue weighted by Gasteiger charge is -2.20. The molecule has 0 atom stereocenters. The molecule has 1 aromatic carbocycles. The molecule has 0 aromatic heterocycles. The summed E-state index contributed by atoms with van der Waals surface area (Å²) in [5.74, 6) is 1.51. The fourth-order valence-electron chi connectivity index (χ4n) is 2.43. The minimum atomic E-state index is -0.143. The molecule has 0 aliphatic carbocycles. The predicted octanol–water partition coefficient (Wildman–Crippen LogP) is 1.82. The number of benzene rings is 1. The van der Waals surface area contributed by atoms with Crippen molar-refractivity contribution in [3.8, 4) is 17.2 Å². The summed E-state index contributed by atoms with van der Waals surface area (Å²) < 4.78 is 16.2. The van der Waals surface area contributed by atoms with Crippen molar-refractivity contribution in [1.29, 1.82) is 0 Å². The second-order valence-electron chi connectivity index (χ2n) is 5.74. The quantitative estimate of drug-likeness (QED) is 0.469. The van der Waals surface area contributed by atoms with Crippen LogP contribution in [0.25, 0.3) is 0 Å². The van der Waals surface area contributed by atoms with Crippen LogP contribution in [-0.2, 0) is 6.42 Å². The van der Waals surface area contributed by atoms with Crippen LogP contribution < -0.4 is 19.5 Å². The van der Waals surface area contributed by atoms with Gasteiger partial charge in [0.05, 0.1) is 13.3 Å². The van der Waals surface area contributed by atoms with E-state index in [2.05, 4.69) is 10.5 Å². The van der Waals surface area contributed by atoms with Crippen LogP contribution in [0.4, 0.5) is 4.79 Å². The van der Waals surface area contributed by atoms with Gasteiger partial charge in [0.2, 0.25) is 12.5 Å². The van der Waals surface area contributed by atoms with Crippen molar-refractivity contribution in [2.75, 3.05) is 27.5 Å². The summed E-state index contributed by atoms with van der Waals surface area (Å²) in [4.78, 5) is 13.6. The maximum absolute atomic E-state index is 12.0. The Kier molecular flexibility index (Phi) is 5.73. The van der Waals surface area contributed by atoms with Gasteiger partial charge in [-0.1, -0.05) is 5.16 Å². The van der Waals surface area contributed by atoms with Crippen LogP contribution in [-0.4, -0.2) is 55.9 Å². The van der Waals surface area contributed by atoms with Crippen LogP contribution in [0.1, 0.15) is 25.0 Å². The first-order valence-electron chi connectivity index (χ1n) is 7.66. The van der Waals surface area contributed by atoms with Crippen LogP contribution in [0.2, 0.25) is 0 Å². The van der Waals surface area contributed by atoms with Gasteiger partial charge < -0.3 is 29.6 Å². The number of rotatable bonds is 6. The highest BCUT2D eigenvalue weighted by Gasteiger charge is 2.25. The molecule has 1 aliphatic rings. The van der Waals surface area contributed by atoms with Gasteiger partial charge in [0, 0.05) is 25.2 Å². The van der Waals surface area contributed by atoms with E-state index in [4.69, 9.17) is 19.4 Å². The normalized spacial score (nSPS) is 12.7. The van der Waals surface area contributed by atoms with E-state index >= 15 is 0 Å². The van der Waals surface area contributed by atoms with Crippen LogP contribution in [0, 0.1) is 0 Å². The minimum absolute atomic E-state index is 0.0719. The Balaban J connectivity index is 2.22. The second-order valence-corrected chi connectivity index (χ2v) is 5.74. The second kappa shape index (κ2) is 7.76. The molecule has 24 heavy (non-hydrogen) atoms. The van der Waals surface area contributed by atoms with Gasteiger partial charge in [-0.2, -0.15) is 0 Å². The number of carbonyl (C=O) groups excluding carboxylic acids is 1. The number of nitrogens with zero attached hydrogens (tertiary/aromatic N) is 2. The topological polar surface area (TPSA) is 92.6 Å². The van der Waals surface area contributed by atoms with E-state index in [0.717, 1.165) is 5.56 Å². The summed E-state index contributed by atoms with van der Waals surface area (Å²) in [6, 6.07) is 1.74. The van der Waals surface area contributed by atoms with Gasteiger partial charge in [-0.05, 0) is 31.9 Å². The maximum atomic E-state index is 12.0. The van der Waals surface area contributed by atoms with Crippen LogP contribution >= 0.6 is 0 Å². The van der Waals surface area contributed by atoms with Gasteiger partial charge in [0.1, 0.15) is 0 Å². The number of ether oxygens (including phenoxy) is 3. The highest BCUT2D eigenvalue weighted by atomic mass is 16.7. The molecule has 1 aliphatic heterocycles. The third-order valence-corrected chi connectivity index (χ3v) is 3.61. The lowest BCUT2D eigenvalue weighted by Crippen LogP contribution is -2.41. The SMILES string of the molecule is COc1c(C=NO)c(CCN(C)C(=O)NC(C)C)cc2c1OCO2. The summed E-state index contributed by atoms with van der Waals surface area (Å²) >= 11 is 0. The number of fused-ring (bicyclic) bond motifs is 1. The number of urea groups is 1. The van der Waals surface area contributed by atoms with E-state index in [1.165, 1.54) is 13.3 Å². The highest BCUT2D eigenvalue weighted by Crippen LogP contribution is 2.44. The number of carbonyl (C=O) groups is 1. The summed E-state index contributed by atoms with van der Waals surface area (Å²) in [5, 5.41) is 14.9. The first-order chi connectivity index (χ1) is 11.5. The van der Waals surface area contributed by atoms with Gasteiger partial charge in [0.15, 0.2) is 11.5 Å². The summed E-state index contributed by atoms with van der Waals surface area (Å²) in [7, 11) is 3.24. The van der Waals surface area contributed by atoms with Gasteiger partial charge in [-0.15, -0.1) is 0 Å². The van der Waals surface area contributed by atoms with Gasteiger partial charge >= 0.3 is 6.03 Å². The molecular weight excluding hydrogens is 314 g/mol. The molecule has 0 unspecified atom stereocenters. The van der Waals surface area contributed by atoms with Crippen LogP contribution in [0.15, 0.2) is 11.2 Å². The van der Waals surface area contributed by atoms with E-state index in [0.29, 0.717) is 35.8 Å². The van der Waals surface area contributed by atoms with Crippen molar-refractivity contribution in [3.05, 3.63) is 17.2 Å². The number of likely N-dealkylation sites (N-methyl/N-ethyl adjacent to an activating group) is 1. The molecule has 0 saturated heterocycles. The molecule has 0 spiro atoms. The summed E-state index contributed by atoms with van der Waals surface area (Å²) in [6.45, 7) is 4.41. The van der Waals surface area contributed by atoms with Crippen molar-refractivity contribution in [1.82, 2.24) is 10.2 Å². The molecule has 2 N–H and O–H groups in total. The molecular formula is C16H23N3O5. The molecule has 8 nitrogen and oxygen atoms in total. The van der Waals surface area contributed by atoms with Crippen molar-refractivity contribution in [3.63, 3.8) is 0 Å². The number of nitrogens with one attached hydrogen (secondary N) is 1. The Morgan fingerprint density at radius 2 is 2.29 bits per heavy atom. The minimum Gasteiger partial charge on any atom is -0.492 e. The molecule has 0 fully saturated rings. The Hall–Kier alpha value is -2.64. The number of hydrogen-bond acceptors (Lipinski definition) is 6. The zero-order chi connectivity index (χ0) is 17.7. The Morgan fingerprint density at radius 1 is 1.54 bits per heavy atom. The monoisotopic (exact) mass is 337 g/mol. The summed E-state index contributed by atoms with van der Waals surface area (Å²) in [5.41, 5.74) is 1.43. The molecule has 2 rings (SSSR count). The van der Waals surface area contributed by atoms with Crippen LogP contribution in [0.3, 0.4) is 0 Å². The average molecular weight is 337 g/mol. The zero-order valence-electron chi connectivity index (χ0n) is 14.3. The van der Waals surface area contributed by atoms with E-state index in [1.807, 2.05) is 19.9 Å². The largest absolute Gasteiger partial charge is 0.492 e. The fourth-order valence-corrected chi connectivity index (χ4v) is 2.43. The molecule has 8 heteroatoms. The van der Waals surface area contributed by atoms with Crippen molar-refractivity contribution >= 4 is 12.2 Å². The predicted molar refractivity (Wildman–Crippen MR) is 88.5 cm³/mol. The highest BCUT2D eigenvalue weighted by molar-refractivity contribution is 5.88. The van der Waals surface area contributed by atoms with Crippen molar-refractivity contribution in [2.24, 2.45) is 5.16 Å². The first-order valence-corrected chi connectivity index (χ1v) is 7.66. The molecule has 1 aromatic rings. The third-order valence-electron chi connectivity index (χ3n) is 3.61. The molecule has 1 heterocycles. The molecule has 2 amide bonds. The number of amides is 2.